The molecule has 0 aliphatic heterocycles. The monoisotopic (exact) mass is 2230 g/mol. The number of aliphatic hydroxyl groups is 2. The predicted octanol–water partition coefficient (Wildman–Crippen LogP) is 26.2. The van der Waals surface area contributed by atoms with Gasteiger partial charge in [0.25, 0.3) is 0 Å². The van der Waals surface area contributed by atoms with Gasteiger partial charge in [-0.25, -0.2) is 4.98 Å². The van der Waals surface area contributed by atoms with Crippen molar-refractivity contribution in [2.45, 2.75) is 192 Å². The van der Waals surface area contributed by atoms with E-state index in [0.717, 1.165) is 82.8 Å². The van der Waals surface area contributed by atoms with E-state index in [4.69, 9.17) is 29.2 Å². The maximum absolute atomic E-state index is 10.7. The molecule has 9 nitrogen and oxygen atoms in total. The summed E-state index contributed by atoms with van der Waals surface area (Å²) < 4.78 is 13.3. The second-order valence-corrected chi connectivity index (χ2v) is 72.0. The first-order valence-electron chi connectivity index (χ1n) is 50.2. The molecule has 0 bridgehead atoms. The van der Waals surface area contributed by atoms with Crippen LogP contribution in [-0.4, -0.2) is 113 Å². The molecule has 0 saturated carbocycles. The fraction of sp³-hybridized carbons (Fsp3) is 0.236. The largest absolute Gasteiger partial charge is 2.00 e. The zero-order valence-corrected chi connectivity index (χ0v) is 96.9. The number of rotatable bonds is 23. The molecular weight excluding hydrogens is 2100 g/mol. The molecule has 5 aromatic heterocycles. The normalized spacial score (nSPS) is 13.8. The van der Waals surface area contributed by atoms with E-state index in [1.165, 1.54) is 104 Å². The fourth-order valence-corrected chi connectivity index (χ4v) is 25.2. The third kappa shape index (κ3) is 21.5. The quantitative estimate of drug-likeness (QED) is 0.0366. The van der Waals surface area contributed by atoms with Gasteiger partial charge < -0.3 is 29.5 Å². The average molecular weight is 2230 g/mol. The van der Waals surface area contributed by atoms with Crippen molar-refractivity contribution in [2.75, 3.05) is 0 Å². The van der Waals surface area contributed by atoms with E-state index in [1.807, 2.05) is 52.1 Å². The number of hydrogen-bond acceptors (Lipinski definition) is 9. The van der Waals surface area contributed by atoms with Crippen molar-refractivity contribution < 1.29 is 40.6 Å². The molecule has 0 atom stereocenters. The van der Waals surface area contributed by atoms with Crippen LogP contribution in [0.3, 0.4) is 0 Å². The van der Waals surface area contributed by atoms with Crippen LogP contribution in [0, 0.1) is 12.1 Å². The van der Waals surface area contributed by atoms with Gasteiger partial charge in [-0.1, -0.05) is 382 Å². The molecule has 145 heavy (non-hydrogen) atoms. The molecule has 732 valence electrons. The Morgan fingerprint density at radius 2 is 0.517 bits per heavy atom. The van der Waals surface area contributed by atoms with Crippen LogP contribution in [0.1, 0.15) is 122 Å². The molecule has 0 unspecified atom stereocenters. The summed E-state index contributed by atoms with van der Waals surface area (Å²) in [5.74, 6) is 0. The van der Waals surface area contributed by atoms with E-state index in [2.05, 4.69) is 478 Å². The third-order valence-electron chi connectivity index (χ3n) is 29.7. The van der Waals surface area contributed by atoms with Crippen molar-refractivity contribution in [3.8, 4) is 78.4 Å². The smallest absolute Gasteiger partial charge is 0.427 e. The van der Waals surface area contributed by atoms with Gasteiger partial charge >= 0.3 is 36.0 Å². The summed E-state index contributed by atoms with van der Waals surface area (Å²) in [6.07, 6.45) is 10.3. The number of aromatic nitrogens is 5. The van der Waals surface area contributed by atoms with Gasteiger partial charge in [-0.3, -0.25) is 9.97 Å². The van der Waals surface area contributed by atoms with Crippen molar-refractivity contribution in [2.24, 2.45) is 0 Å². The molecule has 0 amide bonds. The molecule has 0 saturated heterocycles. The molecule has 2 N–H and O–H groups in total. The van der Waals surface area contributed by atoms with Crippen LogP contribution in [0.4, 0.5) is 0 Å². The van der Waals surface area contributed by atoms with Crippen LogP contribution in [-0.2, 0) is 46.6 Å². The summed E-state index contributed by atoms with van der Waals surface area (Å²) in [5.41, 5.74) is 26.6. The average Bonchev–Trinajstić information content (AvgIpc) is 1.55. The van der Waals surface area contributed by atoms with Gasteiger partial charge in [0, 0.05) is 47.5 Å². The molecule has 17 aromatic rings. The van der Waals surface area contributed by atoms with Gasteiger partial charge in [0.2, 0.25) is 0 Å². The first-order chi connectivity index (χ1) is 68.2. The number of halogens is 1. The minimum atomic E-state index is -1.45. The minimum absolute atomic E-state index is 0. The summed E-state index contributed by atoms with van der Waals surface area (Å²) in [5, 5.41) is 28.2. The predicted molar refractivity (Wildman–Crippen MR) is 622 cm³/mol. The number of pyridine rings is 5. The van der Waals surface area contributed by atoms with Crippen molar-refractivity contribution in [1.82, 2.24) is 24.9 Å². The second-order valence-electron chi connectivity index (χ2n) is 45.9. The van der Waals surface area contributed by atoms with Crippen LogP contribution < -0.4 is 36.9 Å². The summed E-state index contributed by atoms with van der Waals surface area (Å²) in [6, 6.07) is 131. The molecule has 0 fully saturated rings. The molecule has 20 rings (SSSR count). The van der Waals surface area contributed by atoms with E-state index in [1.54, 1.807) is 42.7 Å². The fourth-order valence-electron chi connectivity index (χ4n) is 19.7. The topological polar surface area (TPSA) is 123 Å². The van der Waals surface area contributed by atoms with Gasteiger partial charge in [0.05, 0.1) is 85.0 Å². The summed E-state index contributed by atoms with van der Waals surface area (Å²) >= 11 is 3.32. The molecule has 2 radical (unpaired) electrons. The molecule has 3 aliphatic rings. The molecule has 3 aliphatic carbocycles. The van der Waals surface area contributed by atoms with Gasteiger partial charge in [-0.2, -0.15) is 0 Å². The van der Waals surface area contributed by atoms with Crippen LogP contribution in [0.25, 0.3) is 78.4 Å². The van der Waals surface area contributed by atoms with Gasteiger partial charge in [-0.15, -0.1) is 70.8 Å². The Bertz CT molecular complexity index is 6810. The van der Waals surface area contributed by atoms with E-state index in [9.17, 15) is 10.2 Å². The Kier molecular flexibility index (Phi) is 30.6. The molecule has 0 spiro atoms. The number of hydrogen-bond donors (Lipinski definition) is 2. The standard InChI is InChI=1S/C41H40N2Si2.C41H38N2Si2.C37H42B2O4.C8H12BrNSi.Pt/c2*1-44(2,3)33-21-23-39(42-27-33)29-13-11-15-31(25-29)41(37-19-9-7-17-35(37)36-18-8-10-20-38(36)41)32-16-12-14-30(26-32)40-24-22-34(28-43-40)45(4,5)6;1-33(2,40)35(5,6)42-38-27-17-13-15-25(23-27)37(31-21-11-9-19-29(31)30-20-10-12-22-32(30)37)26-16-14-18-28(24-26)39-43-36(7,8)34(3,4)41;1-11(2,3)7-4-5-8(9)10-6-7;/h7-28H,1-6H3;7-24,27-28H,1-6H3;9-24,40-41H,1-8H3;4-6H,1-3H3;/q;-2;;;+2. The minimum Gasteiger partial charge on any atom is -0.427 e. The van der Waals surface area contributed by atoms with Crippen molar-refractivity contribution >= 4 is 108 Å². The molecule has 5 heterocycles. The number of fused-ring (bicyclic) bond motifs is 9. The third-order valence-corrected chi connectivity index (χ3v) is 40.3. The van der Waals surface area contributed by atoms with Gasteiger partial charge in [-0.05, 0) is 228 Å². The van der Waals surface area contributed by atoms with Crippen molar-refractivity contribution in [1.29, 1.82) is 0 Å². The zero-order chi connectivity index (χ0) is 103. The van der Waals surface area contributed by atoms with E-state index in [-0.39, 0.29) is 21.1 Å². The Hall–Kier alpha value is -11.4. The first-order valence-corrected chi connectivity index (χ1v) is 68.5. The Morgan fingerprint density at radius 3 is 0.779 bits per heavy atom. The Balaban J connectivity index is 0.000000147. The van der Waals surface area contributed by atoms with E-state index < -0.39 is 79.0 Å². The molecular formula is C127H132B2BrN5O4PtSi5. The Labute approximate surface area is 890 Å². The Morgan fingerprint density at radius 1 is 0.269 bits per heavy atom. The van der Waals surface area contributed by atoms with E-state index >= 15 is 0 Å². The summed E-state index contributed by atoms with van der Waals surface area (Å²) in [4.78, 5) is 24.0. The summed E-state index contributed by atoms with van der Waals surface area (Å²) in [7, 11) is -3.42. The van der Waals surface area contributed by atoms with Crippen molar-refractivity contribution in [3.05, 3.63) is 454 Å². The number of nitrogens with zero attached hydrogens (tertiary/aromatic N) is 5. The van der Waals surface area contributed by atoms with E-state index in [0.29, 0.717) is 0 Å². The maximum Gasteiger partial charge on any atom is 2.00 e. The second kappa shape index (κ2) is 41.7. The van der Waals surface area contributed by atoms with Crippen LogP contribution in [0.15, 0.2) is 375 Å². The van der Waals surface area contributed by atoms with Crippen molar-refractivity contribution in [3.63, 3.8) is 0 Å². The molecule has 12 aromatic carbocycles. The van der Waals surface area contributed by atoms with Gasteiger partial charge in [0.1, 0.15) is 4.60 Å². The zero-order valence-electron chi connectivity index (χ0n) is 88.0. The number of benzene rings is 12. The maximum atomic E-state index is 10.7. The van der Waals surface area contributed by atoms with Crippen LogP contribution >= 0.6 is 15.9 Å². The van der Waals surface area contributed by atoms with Crippen LogP contribution in [0.5, 0.6) is 0 Å². The molecule has 18 heteroatoms. The SMILES string of the molecule is CC(C)(O)C(C)(C)O[B]c1cccc(C2(c3cccc([B]OC(C)(C)C(C)(C)O)c3)c3ccccc3-c3ccccc32)c1.C[Si](C)(C)c1ccc(-c2[c-]c(C3(c4[c-]c(-c5ccc([Si](C)(C)C)cn5)ccc4)c4ccccc4-c4ccccc43)ccc2)nc1.C[Si](C)(C)c1ccc(-c2cccc(C3(c4cccc(-c5ccc([Si](C)(C)C)cn5)c4)c4ccccc4-c4ccccc43)c2)nc1.C[Si](C)(C)c1ccc(Br)nc1.[Pt+2]. The first kappa shape index (κ1) is 106. The summed E-state index contributed by atoms with van der Waals surface area (Å²) in [6.45, 7) is 49.9. The van der Waals surface area contributed by atoms with Gasteiger partial charge in [0.15, 0.2) is 0 Å². The van der Waals surface area contributed by atoms with Crippen LogP contribution in [0.2, 0.25) is 98.2 Å².